The molecule has 3 rings (SSSR count). The van der Waals surface area contributed by atoms with Crippen LogP contribution in [0.15, 0.2) is 48.5 Å². The number of benzene rings is 2. The minimum Gasteiger partial charge on any atom is -0.347 e. The highest BCUT2D eigenvalue weighted by molar-refractivity contribution is 6.30. The summed E-state index contributed by atoms with van der Waals surface area (Å²) in [6.07, 6.45) is 0. The van der Waals surface area contributed by atoms with Crippen LogP contribution >= 0.6 is 11.6 Å². The molecule has 3 N–H and O–H groups in total. The van der Waals surface area contributed by atoms with E-state index in [0.717, 1.165) is 11.0 Å². The van der Waals surface area contributed by atoms with Crippen molar-refractivity contribution >= 4 is 34.4 Å². The molecule has 27 heavy (non-hydrogen) atoms. The zero-order chi connectivity index (χ0) is 19.4. The molecule has 3 aromatic rings. The first-order valence-electron chi connectivity index (χ1n) is 8.72. The van der Waals surface area contributed by atoms with Gasteiger partial charge in [0, 0.05) is 10.6 Å². The highest BCUT2D eigenvalue weighted by Crippen LogP contribution is 2.12. The van der Waals surface area contributed by atoms with Gasteiger partial charge in [-0.1, -0.05) is 37.6 Å². The van der Waals surface area contributed by atoms with E-state index < -0.39 is 6.04 Å². The summed E-state index contributed by atoms with van der Waals surface area (Å²) >= 11 is 5.85. The number of nitrogens with one attached hydrogen (secondary N) is 3. The Labute approximate surface area is 162 Å². The van der Waals surface area contributed by atoms with Gasteiger partial charge in [0.1, 0.15) is 11.9 Å². The van der Waals surface area contributed by atoms with Gasteiger partial charge in [0.05, 0.1) is 17.6 Å². The molecule has 0 aliphatic rings. The summed E-state index contributed by atoms with van der Waals surface area (Å²) in [5.74, 6) is 0.0185. The van der Waals surface area contributed by atoms with Gasteiger partial charge in [-0.2, -0.15) is 0 Å². The van der Waals surface area contributed by atoms with Gasteiger partial charge in [-0.05, 0) is 42.3 Å². The molecule has 6 nitrogen and oxygen atoms in total. The van der Waals surface area contributed by atoms with Crippen molar-refractivity contribution < 1.29 is 9.59 Å². The van der Waals surface area contributed by atoms with E-state index in [4.69, 9.17) is 11.6 Å². The molecule has 1 atom stereocenters. The first kappa shape index (κ1) is 18.9. The van der Waals surface area contributed by atoms with Crippen molar-refractivity contribution in [2.75, 3.05) is 0 Å². The maximum atomic E-state index is 12.6. The Kier molecular flexibility index (Phi) is 5.76. The Morgan fingerprint density at radius 3 is 2.48 bits per heavy atom. The standard InChI is InChI=1S/C20H21ClN4O2/c1-12(2)18(25-19(26)13-7-9-14(21)10-8-13)20(27)22-11-17-23-15-5-3-4-6-16(15)24-17/h3-10,12,18H,11H2,1-2H3,(H,22,27)(H,23,24)(H,25,26). The van der Waals surface area contributed by atoms with Crippen molar-refractivity contribution in [1.82, 2.24) is 20.6 Å². The number of aromatic amines is 1. The van der Waals surface area contributed by atoms with Gasteiger partial charge in [-0.3, -0.25) is 9.59 Å². The van der Waals surface area contributed by atoms with Crippen molar-refractivity contribution in [1.29, 1.82) is 0 Å². The van der Waals surface area contributed by atoms with E-state index in [1.807, 2.05) is 38.1 Å². The van der Waals surface area contributed by atoms with Crippen LogP contribution in [-0.4, -0.2) is 27.8 Å². The second-order valence-electron chi connectivity index (χ2n) is 6.62. The van der Waals surface area contributed by atoms with Crippen LogP contribution in [-0.2, 0) is 11.3 Å². The van der Waals surface area contributed by atoms with Crippen LogP contribution in [0.1, 0.15) is 30.0 Å². The van der Waals surface area contributed by atoms with Gasteiger partial charge >= 0.3 is 0 Å². The molecule has 0 saturated heterocycles. The average molecular weight is 385 g/mol. The number of hydrogen-bond acceptors (Lipinski definition) is 3. The smallest absolute Gasteiger partial charge is 0.251 e. The van der Waals surface area contributed by atoms with Gasteiger partial charge in [-0.25, -0.2) is 4.98 Å². The fraction of sp³-hybridized carbons (Fsp3) is 0.250. The fourth-order valence-electron chi connectivity index (χ4n) is 2.73. The van der Waals surface area contributed by atoms with E-state index in [2.05, 4.69) is 20.6 Å². The first-order valence-corrected chi connectivity index (χ1v) is 9.09. The fourth-order valence-corrected chi connectivity index (χ4v) is 2.86. The average Bonchev–Trinajstić information content (AvgIpc) is 3.07. The van der Waals surface area contributed by atoms with Crippen LogP contribution in [0.25, 0.3) is 11.0 Å². The van der Waals surface area contributed by atoms with Gasteiger partial charge < -0.3 is 15.6 Å². The Morgan fingerprint density at radius 1 is 1.11 bits per heavy atom. The van der Waals surface area contributed by atoms with Crippen molar-refractivity contribution in [3.05, 3.63) is 64.9 Å². The molecule has 0 spiro atoms. The maximum Gasteiger partial charge on any atom is 0.251 e. The molecule has 0 saturated carbocycles. The number of rotatable bonds is 6. The third-order valence-electron chi connectivity index (χ3n) is 4.21. The quantitative estimate of drug-likeness (QED) is 0.609. The third kappa shape index (κ3) is 4.65. The molecule has 0 fully saturated rings. The summed E-state index contributed by atoms with van der Waals surface area (Å²) in [6.45, 7) is 4.02. The molecule has 0 bridgehead atoms. The van der Waals surface area contributed by atoms with Crippen LogP contribution in [0.5, 0.6) is 0 Å². The minimum absolute atomic E-state index is 0.0723. The van der Waals surface area contributed by atoms with Crippen molar-refractivity contribution in [3.63, 3.8) is 0 Å². The van der Waals surface area contributed by atoms with Gasteiger partial charge in [0.25, 0.3) is 5.91 Å². The first-order chi connectivity index (χ1) is 12.9. The lowest BCUT2D eigenvalue weighted by molar-refractivity contribution is -0.124. The molecular formula is C20H21ClN4O2. The number of para-hydroxylation sites is 2. The minimum atomic E-state index is -0.655. The lowest BCUT2D eigenvalue weighted by Crippen LogP contribution is -2.49. The molecule has 7 heteroatoms. The highest BCUT2D eigenvalue weighted by Gasteiger charge is 2.24. The number of nitrogens with zero attached hydrogens (tertiary/aromatic N) is 1. The zero-order valence-electron chi connectivity index (χ0n) is 15.1. The summed E-state index contributed by atoms with van der Waals surface area (Å²) < 4.78 is 0. The number of H-pyrrole nitrogens is 1. The molecule has 140 valence electrons. The lowest BCUT2D eigenvalue weighted by Gasteiger charge is -2.21. The van der Waals surface area contributed by atoms with E-state index in [0.29, 0.717) is 16.4 Å². The second kappa shape index (κ2) is 8.22. The van der Waals surface area contributed by atoms with Gasteiger partial charge in [0.15, 0.2) is 0 Å². The number of fused-ring (bicyclic) bond motifs is 1. The van der Waals surface area contributed by atoms with Crippen LogP contribution in [0.2, 0.25) is 5.02 Å². The number of aromatic nitrogens is 2. The highest BCUT2D eigenvalue weighted by atomic mass is 35.5. The van der Waals surface area contributed by atoms with Gasteiger partial charge in [0.2, 0.25) is 5.91 Å². The molecule has 1 heterocycles. The van der Waals surface area contributed by atoms with Crippen LogP contribution < -0.4 is 10.6 Å². The molecule has 1 unspecified atom stereocenters. The van der Waals surface area contributed by atoms with Crippen LogP contribution in [0, 0.1) is 5.92 Å². The van der Waals surface area contributed by atoms with Crippen LogP contribution in [0.3, 0.4) is 0 Å². The normalized spacial score (nSPS) is 12.1. The number of carbonyl (C=O) groups excluding carboxylic acids is 2. The second-order valence-corrected chi connectivity index (χ2v) is 7.06. The predicted octanol–water partition coefficient (Wildman–Crippen LogP) is 3.29. The number of amides is 2. The molecule has 0 radical (unpaired) electrons. The third-order valence-corrected chi connectivity index (χ3v) is 4.46. The number of hydrogen-bond donors (Lipinski definition) is 3. The Morgan fingerprint density at radius 2 is 1.81 bits per heavy atom. The number of imidazole rings is 1. The molecule has 0 aliphatic heterocycles. The summed E-state index contributed by atoms with van der Waals surface area (Å²) in [6, 6.07) is 13.5. The topological polar surface area (TPSA) is 86.9 Å². The molecule has 0 aliphatic carbocycles. The van der Waals surface area contributed by atoms with E-state index in [-0.39, 0.29) is 24.3 Å². The van der Waals surface area contributed by atoms with Crippen LogP contribution in [0.4, 0.5) is 0 Å². The Bertz CT molecular complexity index is 917. The van der Waals surface area contributed by atoms with E-state index in [9.17, 15) is 9.59 Å². The van der Waals surface area contributed by atoms with Crippen molar-refractivity contribution in [2.24, 2.45) is 5.92 Å². The summed E-state index contributed by atoms with van der Waals surface area (Å²) in [4.78, 5) is 32.6. The van der Waals surface area contributed by atoms with Crippen molar-refractivity contribution in [2.45, 2.75) is 26.4 Å². The largest absolute Gasteiger partial charge is 0.347 e. The summed E-state index contributed by atoms with van der Waals surface area (Å²) in [7, 11) is 0. The van der Waals surface area contributed by atoms with E-state index in [1.165, 1.54) is 0 Å². The molecule has 2 aromatic carbocycles. The maximum absolute atomic E-state index is 12.6. The Hall–Kier alpha value is -2.86. The predicted molar refractivity (Wildman–Crippen MR) is 105 cm³/mol. The molecule has 2 amide bonds. The monoisotopic (exact) mass is 384 g/mol. The number of carbonyl (C=O) groups is 2. The lowest BCUT2D eigenvalue weighted by atomic mass is 10.0. The summed E-state index contributed by atoms with van der Waals surface area (Å²) in [5, 5.41) is 6.18. The van der Waals surface area contributed by atoms with Crippen molar-refractivity contribution in [3.8, 4) is 0 Å². The van der Waals surface area contributed by atoms with Gasteiger partial charge in [-0.15, -0.1) is 0 Å². The van der Waals surface area contributed by atoms with E-state index >= 15 is 0 Å². The SMILES string of the molecule is CC(C)C(NC(=O)c1ccc(Cl)cc1)C(=O)NCc1nc2ccccc2[nH]1. The molecular weight excluding hydrogens is 364 g/mol. The zero-order valence-corrected chi connectivity index (χ0v) is 15.9. The summed E-state index contributed by atoms with van der Waals surface area (Å²) in [5.41, 5.74) is 2.21. The van der Waals surface area contributed by atoms with E-state index in [1.54, 1.807) is 24.3 Å². The number of halogens is 1. The Balaban J connectivity index is 1.64. The molecule has 1 aromatic heterocycles.